The topological polar surface area (TPSA) is 87.7 Å². The highest BCUT2D eigenvalue weighted by molar-refractivity contribution is 5.93. The van der Waals surface area contributed by atoms with Gasteiger partial charge in [0, 0.05) is 22.6 Å². The van der Waals surface area contributed by atoms with Gasteiger partial charge in [0.05, 0.1) is 6.42 Å². The first-order valence-electron chi connectivity index (χ1n) is 7.28. The fraction of sp³-hybridized carbons (Fsp3) is 0.0526. The van der Waals surface area contributed by atoms with Crippen molar-refractivity contribution in [2.24, 2.45) is 0 Å². The summed E-state index contributed by atoms with van der Waals surface area (Å²) in [5.41, 5.74) is 2.61. The van der Waals surface area contributed by atoms with Gasteiger partial charge in [-0.15, -0.1) is 0 Å². The quantitative estimate of drug-likeness (QED) is 0.697. The molecule has 5 heteroatoms. The van der Waals surface area contributed by atoms with E-state index in [1.807, 2.05) is 30.3 Å². The molecule has 0 saturated carbocycles. The first kappa shape index (κ1) is 15.6. The first-order valence-corrected chi connectivity index (χ1v) is 7.28. The molecule has 2 N–H and O–H groups in total. The van der Waals surface area contributed by atoms with Crippen LogP contribution in [0.2, 0.25) is 0 Å². The van der Waals surface area contributed by atoms with Crippen molar-refractivity contribution in [3.8, 4) is 11.3 Å². The molecule has 2 aromatic carbocycles. The molecule has 0 aliphatic carbocycles. The lowest BCUT2D eigenvalue weighted by Gasteiger charge is -2.01. The summed E-state index contributed by atoms with van der Waals surface area (Å²) in [4.78, 5) is 21.9. The van der Waals surface area contributed by atoms with Crippen molar-refractivity contribution >= 4 is 29.0 Å². The number of carboxylic acid groups (broad SMARTS) is 2. The van der Waals surface area contributed by atoms with Gasteiger partial charge in [-0.25, -0.2) is 4.79 Å². The number of benzene rings is 2. The molecule has 0 radical (unpaired) electrons. The van der Waals surface area contributed by atoms with Gasteiger partial charge in [0.2, 0.25) is 0 Å². The fourth-order valence-electron chi connectivity index (χ4n) is 2.59. The van der Waals surface area contributed by atoms with Gasteiger partial charge in [-0.05, 0) is 23.8 Å². The Labute approximate surface area is 137 Å². The molecule has 0 aliphatic heterocycles. The maximum Gasteiger partial charge on any atom is 0.328 e. The second-order valence-electron chi connectivity index (χ2n) is 5.27. The fourth-order valence-corrected chi connectivity index (χ4v) is 2.59. The maximum atomic E-state index is 11.3. The number of hydrogen-bond acceptors (Lipinski definition) is 3. The zero-order valence-electron chi connectivity index (χ0n) is 12.6. The van der Waals surface area contributed by atoms with E-state index in [2.05, 4.69) is 0 Å². The number of rotatable bonds is 5. The summed E-state index contributed by atoms with van der Waals surface area (Å²) in [7, 11) is 0. The summed E-state index contributed by atoms with van der Waals surface area (Å²) >= 11 is 0. The summed E-state index contributed by atoms with van der Waals surface area (Å²) < 4.78 is 5.86. The number of fused-ring (bicyclic) bond motifs is 1. The second-order valence-corrected chi connectivity index (χ2v) is 5.27. The van der Waals surface area contributed by atoms with E-state index in [1.54, 1.807) is 18.2 Å². The van der Waals surface area contributed by atoms with E-state index >= 15 is 0 Å². The largest absolute Gasteiger partial charge is 0.481 e. The van der Waals surface area contributed by atoms with Crippen LogP contribution in [0, 0.1) is 0 Å². The van der Waals surface area contributed by atoms with Crippen LogP contribution >= 0.6 is 0 Å². The predicted octanol–water partition coefficient (Wildman–Crippen LogP) is 3.82. The van der Waals surface area contributed by atoms with Crippen molar-refractivity contribution < 1.29 is 24.2 Å². The molecular weight excluding hydrogens is 308 g/mol. The molecule has 0 atom stereocenters. The molecule has 0 amide bonds. The monoisotopic (exact) mass is 322 g/mol. The molecule has 1 aromatic heterocycles. The molecule has 0 saturated heterocycles. The van der Waals surface area contributed by atoms with E-state index in [9.17, 15) is 14.7 Å². The molecule has 3 rings (SSSR count). The van der Waals surface area contributed by atoms with Crippen LogP contribution in [-0.4, -0.2) is 22.2 Å². The lowest BCUT2D eigenvalue weighted by atomic mass is 10.0. The van der Waals surface area contributed by atoms with E-state index < -0.39 is 11.9 Å². The Kier molecular flexibility index (Phi) is 4.16. The Morgan fingerprint density at radius 2 is 1.79 bits per heavy atom. The van der Waals surface area contributed by atoms with Crippen molar-refractivity contribution in [1.29, 1.82) is 0 Å². The molecule has 0 unspecified atom stereocenters. The van der Waals surface area contributed by atoms with Gasteiger partial charge in [-0.1, -0.05) is 36.4 Å². The molecule has 0 aliphatic rings. The summed E-state index contributed by atoms with van der Waals surface area (Å²) in [6, 6.07) is 14.5. The maximum absolute atomic E-state index is 11.3. The summed E-state index contributed by atoms with van der Waals surface area (Å²) in [6.45, 7) is 0. The van der Waals surface area contributed by atoms with E-state index in [1.165, 1.54) is 6.08 Å². The molecule has 0 spiro atoms. The lowest BCUT2D eigenvalue weighted by Crippen LogP contribution is -2.00. The highest BCUT2D eigenvalue weighted by Crippen LogP contribution is 2.34. The summed E-state index contributed by atoms with van der Waals surface area (Å²) in [5.74, 6) is -1.48. The van der Waals surface area contributed by atoms with Crippen LogP contribution in [0.25, 0.3) is 28.4 Å². The number of carboxylic acids is 2. The number of aliphatic carboxylic acids is 2. The minimum absolute atomic E-state index is 0.177. The van der Waals surface area contributed by atoms with Crippen LogP contribution in [0.15, 0.2) is 59.0 Å². The average Bonchev–Trinajstić information content (AvgIpc) is 2.91. The summed E-state index contributed by atoms with van der Waals surface area (Å²) in [5, 5.41) is 18.6. The lowest BCUT2D eigenvalue weighted by molar-refractivity contribution is -0.136. The van der Waals surface area contributed by atoms with Crippen LogP contribution in [-0.2, 0) is 16.0 Å². The Hall–Kier alpha value is -3.34. The van der Waals surface area contributed by atoms with E-state index in [-0.39, 0.29) is 6.42 Å². The molecule has 5 nitrogen and oxygen atoms in total. The molecule has 0 bridgehead atoms. The van der Waals surface area contributed by atoms with Crippen LogP contribution in [0.4, 0.5) is 0 Å². The Balaban J connectivity index is 2.18. The first-order chi connectivity index (χ1) is 11.5. The van der Waals surface area contributed by atoms with E-state index in [0.717, 1.165) is 11.6 Å². The third kappa shape index (κ3) is 3.20. The molecule has 24 heavy (non-hydrogen) atoms. The van der Waals surface area contributed by atoms with Crippen LogP contribution in [0.5, 0.6) is 0 Å². The molecular formula is C19H14O5. The van der Waals surface area contributed by atoms with Crippen LogP contribution in [0.1, 0.15) is 11.1 Å². The van der Waals surface area contributed by atoms with Crippen molar-refractivity contribution in [3.05, 3.63) is 65.7 Å². The van der Waals surface area contributed by atoms with Gasteiger partial charge in [-0.3, -0.25) is 4.79 Å². The van der Waals surface area contributed by atoms with Crippen LogP contribution < -0.4 is 0 Å². The number of carbonyl (C=O) groups is 2. The van der Waals surface area contributed by atoms with Crippen LogP contribution in [0.3, 0.4) is 0 Å². The van der Waals surface area contributed by atoms with Gasteiger partial charge < -0.3 is 14.6 Å². The number of hydrogen-bond donors (Lipinski definition) is 2. The minimum Gasteiger partial charge on any atom is -0.481 e. The second kappa shape index (κ2) is 6.42. The zero-order valence-corrected chi connectivity index (χ0v) is 12.6. The highest BCUT2D eigenvalue weighted by atomic mass is 16.4. The van der Waals surface area contributed by atoms with Gasteiger partial charge in [-0.2, -0.15) is 0 Å². The zero-order chi connectivity index (χ0) is 17.1. The Bertz CT molecular complexity index is 935. The Morgan fingerprint density at radius 1 is 1.04 bits per heavy atom. The van der Waals surface area contributed by atoms with Crippen molar-refractivity contribution in [3.63, 3.8) is 0 Å². The van der Waals surface area contributed by atoms with Crippen molar-refractivity contribution in [2.75, 3.05) is 0 Å². The van der Waals surface area contributed by atoms with Gasteiger partial charge >= 0.3 is 11.9 Å². The van der Waals surface area contributed by atoms with Gasteiger partial charge in [0.25, 0.3) is 0 Å². The smallest absolute Gasteiger partial charge is 0.328 e. The third-order valence-electron chi connectivity index (χ3n) is 3.60. The highest BCUT2D eigenvalue weighted by Gasteiger charge is 2.18. The standard InChI is InChI=1S/C19H14O5/c20-17(21)9-7-12-6-8-16-14(10-12)15(11-18(22)23)19(24-16)13-4-2-1-3-5-13/h1-10H,11H2,(H,20,21)(H,22,23). The molecule has 120 valence electrons. The third-order valence-corrected chi connectivity index (χ3v) is 3.60. The SMILES string of the molecule is O=C(O)C=Cc1ccc2oc(-c3ccccc3)c(CC(=O)O)c2c1. The minimum atomic E-state index is -1.04. The van der Waals surface area contributed by atoms with E-state index in [0.29, 0.717) is 27.9 Å². The average molecular weight is 322 g/mol. The van der Waals surface area contributed by atoms with Crippen molar-refractivity contribution in [2.45, 2.75) is 6.42 Å². The Morgan fingerprint density at radius 3 is 2.46 bits per heavy atom. The molecule has 3 aromatic rings. The van der Waals surface area contributed by atoms with E-state index in [4.69, 9.17) is 9.52 Å². The molecule has 0 fully saturated rings. The van der Waals surface area contributed by atoms with Gasteiger partial charge in [0.15, 0.2) is 0 Å². The normalized spacial score (nSPS) is 11.2. The summed E-state index contributed by atoms with van der Waals surface area (Å²) in [6.07, 6.45) is 2.32. The number of furan rings is 1. The van der Waals surface area contributed by atoms with Crippen molar-refractivity contribution in [1.82, 2.24) is 0 Å². The van der Waals surface area contributed by atoms with Gasteiger partial charge in [0.1, 0.15) is 11.3 Å². The molecule has 1 heterocycles. The predicted molar refractivity (Wildman–Crippen MR) is 89.7 cm³/mol.